The summed E-state index contributed by atoms with van der Waals surface area (Å²) in [6.07, 6.45) is 1.09. The largest absolute Gasteiger partial charge is 0.301 e. The zero-order valence-electron chi connectivity index (χ0n) is 8.09. The topological polar surface area (TPSA) is 3.24 Å². The first-order valence-corrected chi connectivity index (χ1v) is 6.73. The summed E-state index contributed by atoms with van der Waals surface area (Å²) in [5, 5.41) is 4.31. The van der Waals surface area contributed by atoms with E-state index >= 15 is 0 Å². The molecule has 0 atom stereocenters. The zero-order valence-corrected chi connectivity index (χ0v) is 10.4. The molecule has 0 saturated heterocycles. The van der Waals surface area contributed by atoms with Gasteiger partial charge in [-0.05, 0) is 28.8 Å². The van der Waals surface area contributed by atoms with Crippen LogP contribution in [0, 0.1) is 0 Å². The average molecular weight is 252 g/mol. The molecule has 0 bridgehead atoms. The summed E-state index contributed by atoms with van der Waals surface area (Å²) in [6.45, 7) is 2.91. The monoisotopic (exact) mass is 251 g/mol. The number of alkyl halides is 2. The molecule has 1 rings (SSSR count). The van der Waals surface area contributed by atoms with E-state index in [1.54, 1.807) is 11.3 Å². The van der Waals surface area contributed by atoms with Crippen LogP contribution in [0.4, 0.5) is 0 Å². The molecule has 0 aliphatic carbocycles. The fourth-order valence-electron chi connectivity index (χ4n) is 1.30. The van der Waals surface area contributed by atoms with Crippen molar-refractivity contribution in [1.82, 2.24) is 4.90 Å². The van der Waals surface area contributed by atoms with E-state index in [0.29, 0.717) is 11.8 Å². The SMILES string of the molecule is ClCCN(CCCl)CCc1ccsc1. The number of thiophene rings is 1. The maximum atomic E-state index is 5.71. The molecule has 0 saturated carbocycles. The first-order chi connectivity index (χ1) is 6.86. The molecule has 0 aliphatic rings. The molecule has 1 aromatic rings. The molecule has 1 nitrogen and oxygen atoms in total. The summed E-state index contributed by atoms with van der Waals surface area (Å²) in [5.41, 5.74) is 1.41. The van der Waals surface area contributed by atoms with E-state index in [4.69, 9.17) is 23.2 Å². The number of nitrogens with zero attached hydrogens (tertiary/aromatic N) is 1. The van der Waals surface area contributed by atoms with Gasteiger partial charge >= 0.3 is 0 Å². The van der Waals surface area contributed by atoms with Gasteiger partial charge in [0.1, 0.15) is 0 Å². The van der Waals surface area contributed by atoms with Crippen LogP contribution in [-0.4, -0.2) is 36.3 Å². The van der Waals surface area contributed by atoms with Gasteiger partial charge in [0.15, 0.2) is 0 Å². The minimum Gasteiger partial charge on any atom is -0.301 e. The van der Waals surface area contributed by atoms with E-state index in [1.807, 2.05) is 0 Å². The Kier molecular flexibility index (Phi) is 6.61. The number of hydrogen-bond acceptors (Lipinski definition) is 2. The fraction of sp³-hybridized carbons (Fsp3) is 0.600. The lowest BCUT2D eigenvalue weighted by Crippen LogP contribution is -2.29. The van der Waals surface area contributed by atoms with Crippen molar-refractivity contribution in [3.8, 4) is 0 Å². The second-order valence-electron chi connectivity index (χ2n) is 3.10. The molecule has 0 radical (unpaired) electrons. The Labute approximate surface area is 99.6 Å². The Morgan fingerprint density at radius 1 is 1.14 bits per heavy atom. The Morgan fingerprint density at radius 3 is 2.36 bits per heavy atom. The fourth-order valence-corrected chi connectivity index (χ4v) is 2.48. The Balaban J connectivity index is 2.25. The van der Waals surface area contributed by atoms with Crippen molar-refractivity contribution in [2.45, 2.75) is 6.42 Å². The third kappa shape index (κ3) is 4.65. The van der Waals surface area contributed by atoms with Crippen LogP contribution in [0.1, 0.15) is 5.56 Å². The predicted molar refractivity (Wildman–Crippen MR) is 65.9 cm³/mol. The Hall–Kier alpha value is 0.240. The first kappa shape index (κ1) is 12.3. The zero-order chi connectivity index (χ0) is 10.2. The van der Waals surface area contributed by atoms with Crippen LogP contribution in [0.5, 0.6) is 0 Å². The minimum absolute atomic E-state index is 0.681. The van der Waals surface area contributed by atoms with Crippen LogP contribution in [0.15, 0.2) is 16.8 Å². The summed E-state index contributed by atoms with van der Waals surface area (Å²) in [6, 6.07) is 2.17. The van der Waals surface area contributed by atoms with Gasteiger partial charge in [-0.3, -0.25) is 0 Å². The third-order valence-corrected chi connectivity index (χ3v) is 3.17. The molecule has 1 heterocycles. The molecule has 0 aliphatic heterocycles. The van der Waals surface area contributed by atoms with Gasteiger partial charge in [-0.2, -0.15) is 11.3 Å². The van der Waals surface area contributed by atoms with Crippen LogP contribution >= 0.6 is 34.5 Å². The van der Waals surface area contributed by atoms with E-state index in [0.717, 1.165) is 26.1 Å². The van der Waals surface area contributed by atoms with Gasteiger partial charge < -0.3 is 4.90 Å². The van der Waals surface area contributed by atoms with Crippen LogP contribution in [-0.2, 0) is 6.42 Å². The third-order valence-electron chi connectivity index (χ3n) is 2.10. The van der Waals surface area contributed by atoms with Crippen molar-refractivity contribution in [1.29, 1.82) is 0 Å². The van der Waals surface area contributed by atoms with Crippen LogP contribution in [0.25, 0.3) is 0 Å². The molecule has 0 fully saturated rings. The molecule has 1 aromatic heterocycles. The maximum Gasteiger partial charge on any atom is 0.0351 e. The lowest BCUT2D eigenvalue weighted by Gasteiger charge is -2.19. The van der Waals surface area contributed by atoms with E-state index in [1.165, 1.54) is 5.56 Å². The van der Waals surface area contributed by atoms with Gasteiger partial charge in [0, 0.05) is 31.4 Å². The molecule has 0 unspecified atom stereocenters. The highest BCUT2D eigenvalue weighted by Gasteiger charge is 2.03. The average Bonchev–Trinajstić information content (AvgIpc) is 2.67. The van der Waals surface area contributed by atoms with Crippen molar-refractivity contribution in [2.24, 2.45) is 0 Å². The normalized spacial score (nSPS) is 11.1. The molecule has 0 aromatic carbocycles. The lowest BCUT2D eigenvalue weighted by molar-refractivity contribution is 0.311. The molecule has 0 spiro atoms. The van der Waals surface area contributed by atoms with Crippen LogP contribution in [0.3, 0.4) is 0 Å². The molecular weight excluding hydrogens is 237 g/mol. The molecule has 80 valence electrons. The molecule has 0 amide bonds. The van der Waals surface area contributed by atoms with Gasteiger partial charge in [0.25, 0.3) is 0 Å². The van der Waals surface area contributed by atoms with Crippen molar-refractivity contribution < 1.29 is 0 Å². The highest BCUT2D eigenvalue weighted by molar-refractivity contribution is 7.07. The Bertz CT molecular complexity index is 220. The van der Waals surface area contributed by atoms with Gasteiger partial charge in [0.2, 0.25) is 0 Å². The highest BCUT2D eigenvalue weighted by atomic mass is 35.5. The van der Waals surface area contributed by atoms with Gasteiger partial charge in [0.05, 0.1) is 0 Å². The summed E-state index contributed by atoms with van der Waals surface area (Å²) in [4.78, 5) is 2.30. The summed E-state index contributed by atoms with van der Waals surface area (Å²) in [5.74, 6) is 1.36. The molecule has 0 N–H and O–H groups in total. The standard InChI is InChI=1S/C10H15Cl2NS/c11-3-6-13(7-4-12)5-1-10-2-8-14-9-10/h2,8-9H,1,3-7H2. The molecular formula is C10H15Cl2NS. The maximum absolute atomic E-state index is 5.71. The van der Waals surface area contributed by atoms with Crippen molar-refractivity contribution >= 4 is 34.5 Å². The van der Waals surface area contributed by atoms with E-state index < -0.39 is 0 Å². The minimum atomic E-state index is 0.681. The van der Waals surface area contributed by atoms with Crippen LogP contribution < -0.4 is 0 Å². The van der Waals surface area contributed by atoms with Crippen LogP contribution in [0.2, 0.25) is 0 Å². The Morgan fingerprint density at radius 2 is 1.86 bits per heavy atom. The summed E-state index contributed by atoms with van der Waals surface area (Å²) >= 11 is 13.2. The second kappa shape index (κ2) is 7.52. The molecule has 4 heteroatoms. The predicted octanol–water partition coefficient (Wildman–Crippen LogP) is 3.07. The van der Waals surface area contributed by atoms with Gasteiger partial charge in [-0.1, -0.05) is 0 Å². The van der Waals surface area contributed by atoms with Crippen molar-refractivity contribution in [2.75, 3.05) is 31.4 Å². The number of hydrogen-bond donors (Lipinski definition) is 0. The van der Waals surface area contributed by atoms with Crippen molar-refractivity contribution in [3.63, 3.8) is 0 Å². The van der Waals surface area contributed by atoms with E-state index in [-0.39, 0.29) is 0 Å². The highest BCUT2D eigenvalue weighted by Crippen LogP contribution is 2.07. The van der Waals surface area contributed by atoms with Crippen molar-refractivity contribution in [3.05, 3.63) is 22.4 Å². The quantitative estimate of drug-likeness (QED) is 0.674. The van der Waals surface area contributed by atoms with E-state index in [9.17, 15) is 0 Å². The number of rotatable bonds is 7. The molecule has 14 heavy (non-hydrogen) atoms. The summed E-state index contributed by atoms with van der Waals surface area (Å²) < 4.78 is 0. The van der Waals surface area contributed by atoms with Gasteiger partial charge in [-0.25, -0.2) is 0 Å². The van der Waals surface area contributed by atoms with E-state index in [2.05, 4.69) is 21.7 Å². The smallest absolute Gasteiger partial charge is 0.0351 e. The lowest BCUT2D eigenvalue weighted by atomic mass is 10.2. The summed E-state index contributed by atoms with van der Waals surface area (Å²) in [7, 11) is 0. The first-order valence-electron chi connectivity index (χ1n) is 4.72. The second-order valence-corrected chi connectivity index (χ2v) is 4.64. The number of halogens is 2. The van der Waals surface area contributed by atoms with Gasteiger partial charge in [-0.15, -0.1) is 23.2 Å².